The summed E-state index contributed by atoms with van der Waals surface area (Å²) >= 11 is 0. The first-order valence-corrected chi connectivity index (χ1v) is 12.0. The molecule has 2 aliphatic heterocycles. The van der Waals surface area contributed by atoms with Gasteiger partial charge < -0.3 is 21.1 Å². The number of guanidine groups is 1. The van der Waals surface area contributed by atoms with E-state index in [-0.39, 0.29) is 11.8 Å². The molecule has 2 atom stereocenters. The number of aliphatic imine (C=N–C) groups is 1. The normalized spacial score (nSPS) is 21.8. The summed E-state index contributed by atoms with van der Waals surface area (Å²) in [5, 5.41) is 6.84. The molecule has 0 spiro atoms. The van der Waals surface area contributed by atoms with Gasteiger partial charge >= 0.3 is 0 Å². The highest BCUT2D eigenvalue weighted by atomic mass is 16.5. The maximum atomic E-state index is 11.6. The van der Waals surface area contributed by atoms with Crippen molar-refractivity contribution >= 4 is 11.9 Å². The minimum absolute atomic E-state index is 0.0230. The predicted molar refractivity (Wildman–Crippen MR) is 128 cm³/mol. The summed E-state index contributed by atoms with van der Waals surface area (Å²) in [4.78, 5) is 21.1. The lowest BCUT2D eigenvalue weighted by molar-refractivity contribution is -0.123. The van der Waals surface area contributed by atoms with E-state index in [4.69, 9.17) is 15.5 Å². The third-order valence-electron chi connectivity index (χ3n) is 6.30. The van der Waals surface area contributed by atoms with E-state index in [1.807, 2.05) is 0 Å². The molecular weight excluding hydrogens is 404 g/mol. The first kappa shape index (κ1) is 24.5. The standard InChI is InChI=1S/C24H40N6O2/c1-3-26-24(27-15-19(2)30-10-12-32-13-11-30)28-16-20-6-4-7-21(14-20)17-29-9-5-8-22(18-29)23(25)31/h4,6-7,14,19,22H,3,5,8-13,15-18H2,1-2H3,(H2,25,31)(H2,26,27,28). The molecule has 3 rings (SSSR count). The highest BCUT2D eigenvalue weighted by Gasteiger charge is 2.23. The predicted octanol–water partition coefficient (Wildman–Crippen LogP) is 1.16. The van der Waals surface area contributed by atoms with Gasteiger partial charge in [-0.3, -0.25) is 14.6 Å². The van der Waals surface area contributed by atoms with E-state index in [1.165, 1.54) is 11.1 Å². The number of ether oxygens (including phenoxy) is 1. The van der Waals surface area contributed by atoms with Crippen molar-refractivity contribution in [2.24, 2.45) is 16.6 Å². The molecule has 2 aliphatic rings. The Morgan fingerprint density at radius 3 is 2.78 bits per heavy atom. The second kappa shape index (κ2) is 12.8. The second-order valence-electron chi connectivity index (χ2n) is 8.87. The van der Waals surface area contributed by atoms with E-state index < -0.39 is 0 Å². The smallest absolute Gasteiger partial charge is 0.221 e. The Balaban J connectivity index is 1.53. The molecule has 8 nitrogen and oxygen atoms in total. The molecule has 4 N–H and O–H groups in total. The van der Waals surface area contributed by atoms with E-state index in [0.717, 1.165) is 77.8 Å². The lowest BCUT2D eigenvalue weighted by atomic mass is 9.97. The lowest BCUT2D eigenvalue weighted by Gasteiger charge is -2.32. The topological polar surface area (TPSA) is 95.2 Å². The van der Waals surface area contributed by atoms with Crippen LogP contribution in [0.1, 0.15) is 37.8 Å². The molecule has 2 heterocycles. The van der Waals surface area contributed by atoms with Gasteiger partial charge in [-0.2, -0.15) is 0 Å². The fourth-order valence-corrected chi connectivity index (χ4v) is 4.42. The van der Waals surface area contributed by atoms with Crippen LogP contribution in [0.4, 0.5) is 0 Å². The minimum atomic E-state index is -0.177. The molecule has 8 heteroatoms. The number of benzene rings is 1. The molecule has 1 aromatic rings. The number of nitrogens with one attached hydrogen (secondary N) is 2. The van der Waals surface area contributed by atoms with Gasteiger partial charge in [0.15, 0.2) is 5.96 Å². The third kappa shape index (κ3) is 7.76. The number of hydrogen-bond acceptors (Lipinski definition) is 5. The highest BCUT2D eigenvalue weighted by molar-refractivity contribution is 5.79. The van der Waals surface area contributed by atoms with Crippen molar-refractivity contribution in [2.45, 2.75) is 45.8 Å². The molecule has 178 valence electrons. The van der Waals surface area contributed by atoms with Gasteiger partial charge in [0.25, 0.3) is 0 Å². The molecule has 1 aromatic carbocycles. The highest BCUT2D eigenvalue weighted by Crippen LogP contribution is 2.19. The Bertz CT molecular complexity index is 750. The zero-order chi connectivity index (χ0) is 22.8. The average molecular weight is 445 g/mol. The van der Waals surface area contributed by atoms with Crippen LogP contribution in [0.15, 0.2) is 29.3 Å². The average Bonchev–Trinajstić information content (AvgIpc) is 2.81. The van der Waals surface area contributed by atoms with Crippen molar-refractivity contribution < 1.29 is 9.53 Å². The van der Waals surface area contributed by atoms with E-state index in [0.29, 0.717) is 12.6 Å². The number of likely N-dealkylation sites (tertiary alicyclic amines) is 1. The monoisotopic (exact) mass is 444 g/mol. The van der Waals surface area contributed by atoms with Crippen molar-refractivity contribution in [3.63, 3.8) is 0 Å². The maximum Gasteiger partial charge on any atom is 0.221 e. The first-order valence-electron chi connectivity index (χ1n) is 12.0. The Morgan fingerprint density at radius 1 is 1.25 bits per heavy atom. The number of piperidine rings is 1. The Labute approximate surface area is 192 Å². The summed E-state index contributed by atoms with van der Waals surface area (Å²) in [5.74, 6) is 0.646. The summed E-state index contributed by atoms with van der Waals surface area (Å²) < 4.78 is 5.45. The van der Waals surface area contributed by atoms with Crippen LogP contribution in [0.2, 0.25) is 0 Å². The van der Waals surface area contributed by atoms with Crippen LogP contribution < -0.4 is 16.4 Å². The molecule has 32 heavy (non-hydrogen) atoms. The molecule has 0 saturated carbocycles. The van der Waals surface area contributed by atoms with E-state index in [2.05, 4.69) is 58.5 Å². The summed E-state index contributed by atoms with van der Waals surface area (Å²) in [6.07, 6.45) is 1.93. The lowest BCUT2D eigenvalue weighted by Crippen LogP contribution is -2.49. The van der Waals surface area contributed by atoms with Gasteiger partial charge in [0.2, 0.25) is 5.91 Å². The number of nitrogens with two attached hydrogens (primary N) is 1. The van der Waals surface area contributed by atoms with Crippen molar-refractivity contribution in [3.8, 4) is 0 Å². The summed E-state index contributed by atoms with van der Waals surface area (Å²) in [6, 6.07) is 9.01. The number of nitrogens with zero attached hydrogens (tertiary/aromatic N) is 3. The molecule has 2 saturated heterocycles. The largest absolute Gasteiger partial charge is 0.379 e. The minimum Gasteiger partial charge on any atom is -0.379 e. The van der Waals surface area contributed by atoms with Crippen molar-refractivity contribution in [3.05, 3.63) is 35.4 Å². The van der Waals surface area contributed by atoms with Crippen LogP contribution in [-0.4, -0.2) is 80.2 Å². The Hall–Kier alpha value is -2.16. The number of morpholine rings is 1. The molecule has 0 aromatic heterocycles. The van der Waals surface area contributed by atoms with E-state index >= 15 is 0 Å². The zero-order valence-electron chi connectivity index (χ0n) is 19.7. The quantitative estimate of drug-likeness (QED) is 0.391. The number of carbonyl (C=O) groups excluding carboxylic acids is 1. The summed E-state index contributed by atoms with van der Waals surface area (Å²) in [7, 11) is 0. The molecule has 2 fully saturated rings. The number of amides is 1. The maximum absolute atomic E-state index is 11.6. The molecule has 2 unspecified atom stereocenters. The molecule has 0 bridgehead atoms. The van der Waals surface area contributed by atoms with Crippen LogP contribution >= 0.6 is 0 Å². The summed E-state index contributed by atoms with van der Waals surface area (Å²) in [6.45, 7) is 12.8. The van der Waals surface area contributed by atoms with Crippen LogP contribution in [0.3, 0.4) is 0 Å². The van der Waals surface area contributed by atoms with Crippen LogP contribution in [0, 0.1) is 5.92 Å². The number of carbonyl (C=O) groups is 1. The Morgan fingerprint density at radius 2 is 2.03 bits per heavy atom. The number of rotatable bonds is 9. The summed E-state index contributed by atoms with van der Waals surface area (Å²) in [5.41, 5.74) is 7.96. The Kier molecular flexibility index (Phi) is 9.77. The van der Waals surface area contributed by atoms with Gasteiger partial charge in [-0.15, -0.1) is 0 Å². The fourth-order valence-electron chi connectivity index (χ4n) is 4.42. The fraction of sp³-hybridized carbons (Fsp3) is 0.667. The van der Waals surface area contributed by atoms with Gasteiger partial charge in [-0.1, -0.05) is 24.3 Å². The number of primary amides is 1. The van der Waals surface area contributed by atoms with Gasteiger partial charge in [0.05, 0.1) is 25.7 Å². The van der Waals surface area contributed by atoms with Crippen molar-refractivity contribution in [2.75, 3.05) is 52.5 Å². The van der Waals surface area contributed by atoms with Crippen LogP contribution in [0.25, 0.3) is 0 Å². The van der Waals surface area contributed by atoms with E-state index in [1.54, 1.807) is 0 Å². The first-order chi connectivity index (χ1) is 15.5. The molecule has 0 aliphatic carbocycles. The van der Waals surface area contributed by atoms with Gasteiger partial charge in [-0.25, -0.2) is 4.99 Å². The van der Waals surface area contributed by atoms with Crippen LogP contribution in [0.5, 0.6) is 0 Å². The SMILES string of the molecule is CCNC(=NCc1cccc(CN2CCCC(C(N)=O)C2)c1)NCC(C)N1CCOCC1. The van der Waals surface area contributed by atoms with Crippen molar-refractivity contribution in [1.29, 1.82) is 0 Å². The van der Waals surface area contributed by atoms with Gasteiger partial charge in [-0.05, 0) is 44.4 Å². The third-order valence-corrected chi connectivity index (χ3v) is 6.30. The molecule has 0 radical (unpaired) electrons. The van der Waals surface area contributed by atoms with Gasteiger partial charge in [0.1, 0.15) is 0 Å². The second-order valence-corrected chi connectivity index (χ2v) is 8.87. The number of hydrogen-bond donors (Lipinski definition) is 3. The molecule has 1 amide bonds. The van der Waals surface area contributed by atoms with E-state index in [9.17, 15) is 4.79 Å². The molecular formula is C24H40N6O2. The van der Waals surface area contributed by atoms with Crippen LogP contribution in [-0.2, 0) is 22.6 Å². The zero-order valence-corrected chi connectivity index (χ0v) is 19.7. The van der Waals surface area contributed by atoms with Crippen molar-refractivity contribution in [1.82, 2.24) is 20.4 Å². The van der Waals surface area contributed by atoms with Gasteiger partial charge in [0, 0.05) is 45.3 Å².